The highest BCUT2D eigenvalue weighted by atomic mass is 32.1. The third kappa shape index (κ3) is 11.2. The molecule has 1 aromatic rings. The summed E-state index contributed by atoms with van der Waals surface area (Å²) in [6.45, 7) is 7.58. The molecule has 1 rings (SSSR count). The van der Waals surface area contributed by atoms with E-state index in [2.05, 4.69) is 60.9 Å². The lowest BCUT2D eigenvalue weighted by molar-refractivity contribution is 0.562. The van der Waals surface area contributed by atoms with E-state index >= 15 is 0 Å². The van der Waals surface area contributed by atoms with E-state index in [0.717, 1.165) is 18.5 Å². The smallest absolute Gasteiger partial charge is 0.186 e. The fraction of sp³-hybridized carbons (Fsp3) is 0.636. The van der Waals surface area contributed by atoms with Crippen molar-refractivity contribution in [2.24, 2.45) is 5.10 Å². The summed E-state index contributed by atoms with van der Waals surface area (Å²) in [6, 6.07) is 8.46. The Morgan fingerprint density at radius 3 is 2.12 bits per heavy atom. The van der Waals surface area contributed by atoms with Crippen LogP contribution in [-0.4, -0.2) is 17.9 Å². The molecule has 0 aliphatic carbocycles. The van der Waals surface area contributed by atoms with Gasteiger partial charge in [0.05, 0.1) is 6.21 Å². The predicted molar refractivity (Wildman–Crippen MR) is 119 cm³/mol. The zero-order valence-electron chi connectivity index (χ0n) is 16.9. The van der Waals surface area contributed by atoms with Gasteiger partial charge in [-0.1, -0.05) is 96.4 Å². The highest BCUT2D eigenvalue weighted by Gasteiger charge is 1.98. The van der Waals surface area contributed by atoms with E-state index < -0.39 is 0 Å². The number of hydrogen-bond donors (Lipinski definition) is 2. The zero-order valence-corrected chi connectivity index (χ0v) is 17.7. The number of unbranched alkanes of at least 4 members (excludes halogenated alkanes) is 8. The Bertz CT molecular complexity index is 509. The van der Waals surface area contributed by atoms with Gasteiger partial charge in [-0.05, 0) is 35.7 Å². The maximum atomic E-state index is 5.25. The van der Waals surface area contributed by atoms with Gasteiger partial charge in [-0.2, -0.15) is 5.10 Å². The molecule has 0 unspecified atom stereocenters. The quantitative estimate of drug-likeness (QED) is 0.188. The largest absolute Gasteiger partial charge is 0.361 e. The van der Waals surface area contributed by atoms with Crippen molar-refractivity contribution in [3.8, 4) is 0 Å². The van der Waals surface area contributed by atoms with Crippen molar-refractivity contribution in [1.82, 2.24) is 10.7 Å². The van der Waals surface area contributed by atoms with E-state index in [1.165, 1.54) is 56.9 Å². The Morgan fingerprint density at radius 2 is 1.54 bits per heavy atom. The first-order chi connectivity index (χ1) is 12.6. The average molecular weight is 376 g/mol. The third-order valence-corrected chi connectivity index (χ3v) is 4.78. The van der Waals surface area contributed by atoms with Crippen LogP contribution in [0.15, 0.2) is 29.4 Å². The van der Waals surface area contributed by atoms with Gasteiger partial charge >= 0.3 is 0 Å². The monoisotopic (exact) mass is 375 g/mol. The Balaban J connectivity index is 2.03. The lowest BCUT2D eigenvalue weighted by Crippen LogP contribution is -2.32. The number of nitrogens with one attached hydrogen (secondary N) is 2. The van der Waals surface area contributed by atoms with Gasteiger partial charge in [-0.3, -0.25) is 5.43 Å². The highest BCUT2D eigenvalue weighted by Crippen LogP contribution is 2.13. The summed E-state index contributed by atoms with van der Waals surface area (Å²) in [5.41, 5.74) is 5.30. The van der Waals surface area contributed by atoms with Crippen LogP contribution in [-0.2, 0) is 0 Å². The van der Waals surface area contributed by atoms with Crippen molar-refractivity contribution in [3.05, 3.63) is 35.4 Å². The van der Waals surface area contributed by atoms with Crippen LogP contribution in [0.5, 0.6) is 0 Å². The van der Waals surface area contributed by atoms with Crippen molar-refractivity contribution in [1.29, 1.82) is 0 Å². The molecule has 0 aliphatic rings. The van der Waals surface area contributed by atoms with Gasteiger partial charge in [0.2, 0.25) is 0 Å². The summed E-state index contributed by atoms with van der Waals surface area (Å²) in [5.74, 6) is 0.553. The molecule has 0 saturated carbocycles. The molecule has 3 nitrogen and oxygen atoms in total. The third-order valence-electron chi connectivity index (χ3n) is 4.55. The molecule has 1 aromatic carbocycles. The van der Waals surface area contributed by atoms with Gasteiger partial charge < -0.3 is 5.32 Å². The molecule has 0 aromatic heterocycles. The topological polar surface area (TPSA) is 36.4 Å². The summed E-state index contributed by atoms with van der Waals surface area (Å²) >= 11 is 5.25. The number of hydrogen-bond acceptors (Lipinski definition) is 2. The molecule has 0 saturated heterocycles. The molecule has 26 heavy (non-hydrogen) atoms. The fourth-order valence-corrected chi connectivity index (χ4v) is 2.96. The summed E-state index contributed by atoms with van der Waals surface area (Å²) in [6.07, 6.45) is 13.8. The van der Waals surface area contributed by atoms with Gasteiger partial charge in [0.25, 0.3) is 0 Å². The number of benzene rings is 1. The molecule has 0 heterocycles. The highest BCUT2D eigenvalue weighted by molar-refractivity contribution is 7.80. The second-order valence-corrected chi connectivity index (χ2v) is 7.68. The van der Waals surface area contributed by atoms with E-state index in [4.69, 9.17) is 12.2 Å². The van der Waals surface area contributed by atoms with Crippen LogP contribution in [0.1, 0.15) is 95.6 Å². The first-order valence-electron chi connectivity index (χ1n) is 10.3. The van der Waals surface area contributed by atoms with Crippen molar-refractivity contribution < 1.29 is 0 Å². The molecule has 0 spiro atoms. The Hall–Kier alpha value is -1.42. The van der Waals surface area contributed by atoms with Crippen LogP contribution in [0, 0.1) is 0 Å². The van der Waals surface area contributed by atoms with Gasteiger partial charge in [0, 0.05) is 6.54 Å². The van der Waals surface area contributed by atoms with E-state index in [1.807, 2.05) is 0 Å². The zero-order chi connectivity index (χ0) is 19.0. The normalized spacial score (nSPS) is 11.2. The van der Waals surface area contributed by atoms with Gasteiger partial charge in [0.15, 0.2) is 5.11 Å². The van der Waals surface area contributed by atoms with Crippen LogP contribution in [0.2, 0.25) is 0 Å². The Morgan fingerprint density at radius 1 is 0.962 bits per heavy atom. The molecule has 146 valence electrons. The number of rotatable bonds is 13. The lowest BCUT2D eigenvalue weighted by Gasteiger charge is -2.07. The summed E-state index contributed by atoms with van der Waals surface area (Å²) < 4.78 is 0. The molecule has 0 amide bonds. The molecule has 0 aliphatic heterocycles. The molecular formula is C22H37N3S. The van der Waals surface area contributed by atoms with E-state index in [9.17, 15) is 0 Å². The number of nitrogens with zero attached hydrogens (tertiary/aromatic N) is 1. The van der Waals surface area contributed by atoms with E-state index in [1.54, 1.807) is 6.21 Å². The van der Waals surface area contributed by atoms with Crippen LogP contribution in [0.25, 0.3) is 0 Å². The molecule has 0 atom stereocenters. The van der Waals surface area contributed by atoms with Gasteiger partial charge in [0.1, 0.15) is 0 Å². The molecule has 0 bridgehead atoms. The number of thiocarbonyl (C=S) groups is 1. The van der Waals surface area contributed by atoms with Crippen molar-refractivity contribution in [3.63, 3.8) is 0 Å². The first-order valence-corrected chi connectivity index (χ1v) is 10.7. The maximum Gasteiger partial charge on any atom is 0.186 e. The second-order valence-electron chi connectivity index (χ2n) is 7.28. The fourth-order valence-electron chi connectivity index (χ4n) is 2.81. The minimum Gasteiger partial charge on any atom is -0.361 e. The molecule has 0 radical (unpaired) electrons. The Kier molecular flexibility index (Phi) is 12.8. The second kappa shape index (κ2) is 14.7. The SMILES string of the molecule is CCCCCCCCCCCNC(=S)NN=Cc1ccc(C(C)C)cc1. The lowest BCUT2D eigenvalue weighted by atomic mass is 10.0. The maximum absolute atomic E-state index is 5.25. The van der Waals surface area contributed by atoms with Crippen LogP contribution in [0.3, 0.4) is 0 Å². The molecule has 2 N–H and O–H groups in total. The van der Waals surface area contributed by atoms with Crippen molar-refractivity contribution in [2.75, 3.05) is 6.54 Å². The van der Waals surface area contributed by atoms with E-state index in [-0.39, 0.29) is 0 Å². The molecule has 0 fully saturated rings. The van der Waals surface area contributed by atoms with Gasteiger partial charge in [-0.15, -0.1) is 0 Å². The van der Waals surface area contributed by atoms with Crippen LogP contribution >= 0.6 is 12.2 Å². The predicted octanol–water partition coefficient (Wildman–Crippen LogP) is 6.14. The summed E-state index contributed by atoms with van der Waals surface area (Å²) in [5, 5.41) is 8.02. The van der Waals surface area contributed by atoms with Crippen molar-refractivity contribution in [2.45, 2.75) is 84.5 Å². The molecule has 4 heteroatoms. The average Bonchev–Trinajstić information content (AvgIpc) is 2.63. The molecular weight excluding hydrogens is 338 g/mol. The van der Waals surface area contributed by atoms with Gasteiger partial charge in [-0.25, -0.2) is 0 Å². The van der Waals surface area contributed by atoms with Crippen LogP contribution in [0.4, 0.5) is 0 Å². The number of hydrazone groups is 1. The summed E-state index contributed by atoms with van der Waals surface area (Å²) in [4.78, 5) is 0. The minimum atomic E-state index is 0.553. The summed E-state index contributed by atoms with van der Waals surface area (Å²) in [7, 11) is 0. The minimum absolute atomic E-state index is 0.553. The van der Waals surface area contributed by atoms with E-state index in [0.29, 0.717) is 11.0 Å². The van der Waals surface area contributed by atoms with Crippen LogP contribution < -0.4 is 10.7 Å². The standard InChI is InChI=1S/C22H37N3S/c1-4-5-6-7-8-9-10-11-12-17-23-22(26)25-24-18-20-13-15-21(16-14-20)19(2)3/h13-16,18-19H,4-12,17H2,1-3H3,(H2,23,25,26). The van der Waals surface area contributed by atoms with Crippen molar-refractivity contribution >= 4 is 23.5 Å². The first kappa shape index (κ1) is 22.6. The Labute approximate surface area is 166 Å².